The second-order valence-corrected chi connectivity index (χ2v) is 12.5. The number of thiocarbonyl (C=S) groups is 1. The lowest BCUT2D eigenvalue weighted by Gasteiger charge is -2.38. The molecule has 0 bridgehead atoms. The van der Waals surface area contributed by atoms with E-state index in [1.165, 1.54) is 63.4 Å². The van der Waals surface area contributed by atoms with Crippen molar-refractivity contribution in [2.45, 2.75) is 83.0 Å². The van der Waals surface area contributed by atoms with E-state index in [1.807, 2.05) is 12.1 Å². The number of rotatable bonds is 6. The van der Waals surface area contributed by atoms with Gasteiger partial charge in [0, 0.05) is 49.2 Å². The van der Waals surface area contributed by atoms with Gasteiger partial charge in [0.15, 0.2) is 5.11 Å². The van der Waals surface area contributed by atoms with Crippen molar-refractivity contribution < 1.29 is 0 Å². The summed E-state index contributed by atoms with van der Waals surface area (Å²) in [6.07, 6.45) is 13.6. The fourth-order valence-electron chi connectivity index (χ4n) is 6.49. The second-order valence-electron chi connectivity index (χ2n) is 11.7. The molecule has 1 aromatic heterocycles. The van der Waals surface area contributed by atoms with Crippen LogP contribution in [0.3, 0.4) is 0 Å². The molecule has 6 nitrogen and oxygen atoms in total. The molecule has 1 aromatic carbocycles. The fourth-order valence-corrected chi connectivity index (χ4v) is 6.78. The SMILES string of the molecule is CC1CCCN(c2cc(N3CCCCCC3)nc(NC(=S)NCC3(c4ccc(Cl)cc4)CCCCC3)n2)C1. The van der Waals surface area contributed by atoms with E-state index < -0.39 is 0 Å². The monoisotopic (exact) mass is 554 g/mol. The van der Waals surface area contributed by atoms with Crippen LogP contribution in [0.5, 0.6) is 0 Å². The summed E-state index contributed by atoms with van der Waals surface area (Å²) < 4.78 is 0. The van der Waals surface area contributed by atoms with Crippen LogP contribution in [0.4, 0.5) is 17.6 Å². The van der Waals surface area contributed by atoms with E-state index in [9.17, 15) is 0 Å². The molecular weight excluding hydrogens is 512 g/mol. The van der Waals surface area contributed by atoms with Gasteiger partial charge in [-0.05, 0) is 74.4 Å². The number of hydrogen-bond donors (Lipinski definition) is 2. The molecule has 3 aliphatic rings. The average molecular weight is 555 g/mol. The van der Waals surface area contributed by atoms with Gasteiger partial charge >= 0.3 is 0 Å². The number of benzene rings is 1. The molecule has 1 atom stereocenters. The molecule has 38 heavy (non-hydrogen) atoms. The molecule has 5 rings (SSSR count). The third kappa shape index (κ3) is 6.90. The first-order valence-electron chi connectivity index (χ1n) is 14.7. The number of aromatic nitrogens is 2. The molecule has 2 aliphatic heterocycles. The second kappa shape index (κ2) is 12.8. The van der Waals surface area contributed by atoms with Crippen molar-refractivity contribution in [3.63, 3.8) is 0 Å². The average Bonchev–Trinajstić information content (AvgIpc) is 3.23. The maximum Gasteiger partial charge on any atom is 0.232 e. The lowest BCUT2D eigenvalue weighted by molar-refractivity contribution is 0.292. The van der Waals surface area contributed by atoms with Crippen molar-refractivity contribution >= 4 is 46.5 Å². The Morgan fingerprint density at radius 2 is 1.55 bits per heavy atom. The first-order chi connectivity index (χ1) is 18.5. The molecule has 3 heterocycles. The maximum absolute atomic E-state index is 6.20. The van der Waals surface area contributed by atoms with Crippen LogP contribution in [0.1, 0.15) is 83.1 Å². The summed E-state index contributed by atoms with van der Waals surface area (Å²) in [7, 11) is 0. The minimum Gasteiger partial charge on any atom is -0.361 e. The Hall–Kier alpha value is -2.12. The third-order valence-corrected chi connectivity index (χ3v) is 9.19. The van der Waals surface area contributed by atoms with Gasteiger partial charge in [0.05, 0.1) is 0 Å². The first kappa shape index (κ1) is 27.4. The smallest absolute Gasteiger partial charge is 0.232 e. The number of anilines is 3. The molecule has 206 valence electrons. The van der Waals surface area contributed by atoms with Gasteiger partial charge in [-0.2, -0.15) is 9.97 Å². The lowest BCUT2D eigenvalue weighted by Crippen LogP contribution is -2.43. The molecular formula is C30H43ClN6S. The van der Waals surface area contributed by atoms with Gasteiger partial charge in [0.1, 0.15) is 11.6 Å². The van der Waals surface area contributed by atoms with Crippen LogP contribution in [0.15, 0.2) is 30.3 Å². The van der Waals surface area contributed by atoms with Crippen LogP contribution >= 0.6 is 23.8 Å². The number of nitrogens with one attached hydrogen (secondary N) is 2. The van der Waals surface area contributed by atoms with Gasteiger partial charge in [-0.15, -0.1) is 0 Å². The molecule has 0 radical (unpaired) electrons. The summed E-state index contributed by atoms with van der Waals surface area (Å²) in [6, 6.07) is 10.6. The zero-order valence-corrected chi connectivity index (χ0v) is 24.4. The molecule has 0 spiro atoms. The standard InChI is InChI=1S/C30H43ClN6S/c1-23-10-9-19-37(21-23)27-20-26(36-17-7-2-3-8-18-36)33-28(34-27)35-29(38)32-22-30(15-5-4-6-16-30)24-11-13-25(31)14-12-24/h11-14,20,23H,2-10,15-19,21-22H2,1H3,(H2,32,33,34,35,38). The Morgan fingerprint density at radius 3 is 2.24 bits per heavy atom. The van der Waals surface area contributed by atoms with E-state index in [-0.39, 0.29) is 5.41 Å². The van der Waals surface area contributed by atoms with Crippen LogP contribution in [-0.2, 0) is 5.41 Å². The topological polar surface area (TPSA) is 56.3 Å². The molecule has 1 saturated carbocycles. The van der Waals surface area contributed by atoms with Crippen LogP contribution < -0.4 is 20.4 Å². The van der Waals surface area contributed by atoms with Crippen LogP contribution in [-0.4, -0.2) is 47.8 Å². The van der Waals surface area contributed by atoms with Crippen molar-refractivity contribution in [2.24, 2.45) is 5.92 Å². The van der Waals surface area contributed by atoms with Crippen LogP contribution in [0.25, 0.3) is 0 Å². The Labute approximate surface area is 238 Å². The minimum absolute atomic E-state index is 0.0679. The molecule has 2 N–H and O–H groups in total. The Kier molecular flexibility index (Phi) is 9.26. The number of piperidine rings is 1. The highest BCUT2D eigenvalue weighted by Crippen LogP contribution is 2.39. The fraction of sp³-hybridized carbons (Fsp3) is 0.633. The minimum atomic E-state index is 0.0679. The van der Waals surface area contributed by atoms with E-state index >= 15 is 0 Å². The van der Waals surface area contributed by atoms with Gasteiger partial charge in [0.25, 0.3) is 0 Å². The van der Waals surface area contributed by atoms with Gasteiger partial charge in [-0.1, -0.05) is 62.8 Å². The summed E-state index contributed by atoms with van der Waals surface area (Å²) in [4.78, 5) is 14.8. The van der Waals surface area contributed by atoms with Gasteiger partial charge < -0.3 is 20.4 Å². The van der Waals surface area contributed by atoms with Crippen LogP contribution in [0.2, 0.25) is 5.02 Å². The number of nitrogens with zero attached hydrogens (tertiary/aromatic N) is 4. The highest BCUT2D eigenvalue weighted by Gasteiger charge is 2.34. The number of halogens is 1. The van der Waals surface area contributed by atoms with Crippen molar-refractivity contribution in [3.05, 3.63) is 40.9 Å². The van der Waals surface area contributed by atoms with Crippen molar-refractivity contribution in [1.82, 2.24) is 15.3 Å². The van der Waals surface area contributed by atoms with E-state index in [1.54, 1.807) is 0 Å². The maximum atomic E-state index is 6.20. The summed E-state index contributed by atoms with van der Waals surface area (Å²) in [5, 5.41) is 8.29. The third-order valence-electron chi connectivity index (χ3n) is 8.69. The molecule has 8 heteroatoms. The molecule has 2 saturated heterocycles. The summed E-state index contributed by atoms with van der Waals surface area (Å²) in [5.41, 5.74) is 1.41. The van der Waals surface area contributed by atoms with Crippen molar-refractivity contribution in [2.75, 3.05) is 47.8 Å². The van der Waals surface area contributed by atoms with E-state index in [0.717, 1.165) is 62.2 Å². The quantitative estimate of drug-likeness (QED) is 0.375. The predicted molar refractivity (Wildman–Crippen MR) is 164 cm³/mol. The Bertz CT molecular complexity index is 1040. The normalized spacial score (nSPS) is 22.0. The number of hydrogen-bond acceptors (Lipinski definition) is 5. The largest absolute Gasteiger partial charge is 0.361 e. The Balaban J connectivity index is 1.33. The zero-order valence-electron chi connectivity index (χ0n) is 22.9. The zero-order chi connectivity index (χ0) is 26.4. The van der Waals surface area contributed by atoms with E-state index in [0.29, 0.717) is 17.0 Å². The predicted octanol–water partition coefficient (Wildman–Crippen LogP) is 6.94. The highest BCUT2D eigenvalue weighted by molar-refractivity contribution is 7.80. The van der Waals surface area contributed by atoms with Crippen LogP contribution in [0, 0.1) is 5.92 Å². The first-order valence-corrected chi connectivity index (χ1v) is 15.5. The summed E-state index contributed by atoms with van der Waals surface area (Å²) >= 11 is 12.0. The Morgan fingerprint density at radius 1 is 0.921 bits per heavy atom. The molecule has 0 amide bonds. The van der Waals surface area contributed by atoms with Crippen molar-refractivity contribution in [1.29, 1.82) is 0 Å². The molecule has 1 unspecified atom stereocenters. The van der Waals surface area contributed by atoms with Crippen molar-refractivity contribution in [3.8, 4) is 0 Å². The molecule has 3 fully saturated rings. The molecule has 2 aromatic rings. The van der Waals surface area contributed by atoms with Gasteiger partial charge in [-0.3, -0.25) is 0 Å². The summed E-state index contributed by atoms with van der Waals surface area (Å²) in [5.74, 6) is 3.31. The van der Waals surface area contributed by atoms with E-state index in [2.05, 4.69) is 45.6 Å². The lowest BCUT2D eigenvalue weighted by atomic mass is 9.69. The molecule has 1 aliphatic carbocycles. The van der Waals surface area contributed by atoms with Gasteiger partial charge in [-0.25, -0.2) is 0 Å². The highest BCUT2D eigenvalue weighted by atomic mass is 35.5. The summed E-state index contributed by atoms with van der Waals surface area (Å²) in [6.45, 7) is 7.33. The van der Waals surface area contributed by atoms with E-state index in [4.69, 9.17) is 33.8 Å². The van der Waals surface area contributed by atoms with Gasteiger partial charge in [0.2, 0.25) is 5.95 Å².